The SMILES string of the molecule is CC(C)(OP(=O)(O)O)C(=O)c1ccc(OCCO)cc1. The van der Waals surface area contributed by atoms with Crippen molar-refractivity contribution >= 4 is 13.6 Å². The number of carbonyl (C=O) groups is 1. The molecule has 0 aliphatic carbocycles. The van der Waals surface area contributed by atoms with Gasteiger partial charge >= 0.3 is 7.82 Å². The molecule has 1 aromatic carbocycles. The molecular formula is C12H17O7P. The second-order valence-corrected chi connectivity index (χ2v) is 5.68. The van der Waals surface area contributed by atoms with Crippen LogP contribution < -0.4 is 4.74 Å². The number of rotatable bonds is 7. The third-order valence-electron chi connectivity index (χ3n) is 2.37. The summed E-state index contributed by atoms with van der Waals surface area (Å²) in [5, 5.41) is 8.62. The van der Waals surface area contributed by atoms with Crippen molar-refractivity contribution in [3.8, 4) is 5.75 Å². The summed E-state index contributed by atoms with van der Waals surface area (Å²) in [6.45, 7) is 2.58. The van der Waals surface area contributed by atoms with Gasteiger partial charge in [-0.1, -0.05) is 0 Å². The molecule has 8 heteroatoms. The molecule has 7 nitrogen and oxygen atoms in total. The monoisotopic (exact) mass is 304 g/mol. The van der Waals surface area contributed by atoms with E-state index in [-0.39, 0.29) is 18.8 Å². The fourth-order valence-corrected chi connectivity index (χ4v) is 2.23. The van der Waals surface area contributed by atoms with Gasteiger partial charge < -0.3 is 19.6 Å². The van der Waals surface area contributed by atoms with E-state index in [1.165, 1.54) is 38.1 Å². The van der Waals surface area contributed by atoms with Gasteiger partial charge in [0.1, 0.15) is 18.0 Å². The normalized spacial score (nSPS) is 12.2. The Balaban J connectivity index is 2.84. The summed E-state index contributed by atoms with van der Waals surface area (Å²) in [5.74, 6) is -0.0844. The molecule has 112 valence electrons. The van der Waals surface area contributed by atoms with E-state index in [4.69, 9.17) is 19.6 Å². The Morgan fingerprint density at radius 3 is 2.25 bits per heavy atom. The second kappa shape index (κ2) is 6.47. The van der Waals surface area contributed by atoms with Crippen LogP contribution >= 0.6 is 7.82 Å². The van der Waals surface area contributed by atoms with Gasteiger partial charge in [0.25, 0.3) is 0 Å². The molecule has 1 rings (SSSR count). The number of phosphoric acid groups is 1. The minimum absolute atomic E-state index is 0.121. The first-order valence-corrected chi connectivity index (χ1v) is 7.33. The fraction of sp³-hybridized carbons (Fsp3) is 0.417. The number of aliphatic hydroxyl groups excluding tert-OH is 1. The molecule has 3 N–H and O–H groups in total. The van der Waals surface area contributed by atoms with E-state index in [2.05, 4.69) is 4.52 Å². The smallest absolute Gasteiger partial charge is 0.470 e. The van der Waals surface area contributed by atoms with Gasteiger partial charge in [0.15, 0.2) is 5.78 Å². The van der Waals surface area contributed by atoms with Crippen LogP contribution in [0.3, 0.4) is 0 Å². The Kier molecular flexibility index (Phi) is 5.44. The average Bonchev–Trinajstić information content (AvgIpc) is 2.33. The van der Waals surface area contributed by atoms with E-state index < -0.39 is 19.2 Å². The molecule has 0 atom stereocenters. The zero-order valence-electron chi connectivity index (χ0n) is 11.1. The Hall–Kier alpha value is -1.24. The number of ether oxygens (including phenoxy) is 1. The van der Waals surface area contributed by atoms with Crippen molar-refractivity contribution in [2.45, 2.75) is 19.4 Å². The van der Waals surface area contributed by atoms with Crippen molar-refractivity contribution in [2.24, 2.45) is 0 Å². The summed E-state index contributed by atoms with van der Waals surface area (Å²) >= 11 is 0. The number of benzene rings is 1. The number of carbonyl (C=O) groups excluding carboxylic acids is 1. The summed E-state index contributed by atoms with van der Waals surface area (Å²) in [4.78, 5) is 29.7. The minimum Gasteiger partial charge on any atom is -0.491 e. The highest BCUT2D eigenvalue weighted by Crippen LogP contribution is 2.42. The fourth-order valence-electron chi connectivity index (χ4n) is 1.55. The molecule has 0 heterocycles. The quantitative estimate of drug-likeness (QED) is 0.511. The number of aliphatic hydroxyl groups is 1. The van der Waals surface area contributed by atoms with E-state index in [1.54, 1.807) is 0 Å². The first-order valence-electron chi connectivity index (χ1n) is 5.80. The van der Waals surface area contributed by atoms with Gasteiger partial charge in [-0.25, -0.2) is 4.57 Å². The number of hydrogen-bond acceptors (Lipinski definition) is 5. The van der Waals surface area contributed by atoms with Crippen LogP contribution in [0.4, 0.5) is 0 Å². The number of Topliss-reactive ketones (excluding diaryl/α,β-unsaturated/α-hetero) is 1. The number of phosphoric ester groups is 1. The molecule has 20 heavy (non-hydrogen) atoms. The maximum absolute atomic E-state index is 12.1. The first kappa shape index (κ1) is 16.8. The molecule has 0 spiro atoms. The van der Waals surface area contributed by atoms with E-state index in [9.17, 15) is 9.36 Å². The van der Waals surface area contributed by atoms with Crippen molar-refractivity contribution in [1.29, 1.82) is 0 Å². The summed E-state index contributed by atoms with van der Waals surface area (Å²) in [5.41, 5.74) is -1.41. The topological polar surface area (TPSA) is 113 Å². The molecule has 0 aliphatic rings. The van der Waals surface area contributed by atoms with Gasteiger partial charge in [-0.3, -0.25) is 9.32 Å². The third kappa shape index (κ3) is 5.03. The molecule has 0 saturated carbocycles. The van der Waals surface area contributed by atoms with Crippen LogP contribution in [0.15, 0.2) is 24.3 Å². The van der Waals surface area contributed by atoms with E-state index in [1.807, 2.05) is 0 Å². The molecule has 0 aromatic heterocycles. The predicted octanol–water partition coefficient (Wildman–Crippen LogP) is 1.13. The predicted molar refractivity (Wildman–Crippen MR) is 70.6 cm³/mol. The third-order valence-corrected chi connectivity index (χ3v) is 3.06. The van der Waals surface area contributed by atoms with Crippen LogP contribution in [-0.4, -0.2) is 39.5 Å². The molecule has 0 radical (unpaired) electrons. The lowest BCUT2D eigenvalue weighted by atomic mass is 9.97. The van der Waals surface area contributed by atoms with Gasteiger partial charge in [-0.15, -0.1) is 0 Å². The van der Waals surface area contributed by atoms with Crippen LogP contribution in [-0.2, 0) is 9.09 Å². The van der Waals surface area contributed by atoms with E-state index in [0.717, 1.165) is 0 Å². The zero-order chi connectivity index (χ0) is 15.4. The lowest BCUT2D eigenvalue weighted by Crippen LogP contribution is -2.34. The van der Waals surface area contributed by atoms with Gasteiger partial charge in [-0.2, -0.15) is 0 Å². The molecule has 0 unspecified atom stereocenters. The molecule has 0 fully saturated rings. The van der Waals surface area contributed by atoms with Crippen LogP contribution in [0.2, 0.25) is 0 Å². The largest absolute Gasteiger partial charge is 0.491 e. The molecule has 0 amide bonds. The lowest BCUT2D eigenvalue weighted by molar-refractivity contribution is 0.0445. The Morgan fingerprint density at radius 1 is 1.25 bits per heavy atom. The van der Waals surface area contributed by atoms with E-state index in [0.29, 0.717) is 5.75 Å². The molecule has 0 saturated heterocycles. The summed E-state index contributed by atoms with van der Waals surface area (Å²) in [7, 11) is -4.76. The van der Waals surface area contributed by atoms with Crippen LogP contribution in [0.5, 0.6) is 5.75 Å². The van der Waals surface area contributed by atoms with Gasteiger partial charge in [0.05, 0.1) is 6.61 Å². The van der Waals surface area contributed by atoms with E-state index >= 15 is 0 Å². The van der Waals surface area contributed by atoms with Gasteiger partial charge in [0.2, 0.25) is 0 Å². The van der Waals surface area contributed by atoms with Crippen LogP contribution in [0.25, 0.3) is 0 Å². The maximum Gasteiger partial charge on any atom is 0.470 e. The Morgan fingerprint density at radius 2 is 1.80 bits per heavy atom. The van der Waals surface area contributed by atoms with Gasteiger partial charge in [0, 0.05) is 5.56 Å². The molecule has 0 bridgehead atoms. The van der Waals surface area contributed by atoms with Gasteiger partial charge in [-0.05, 0) is 38.1 Å². The highest BCUT2D eigenvalue weighted by Gasteiger charge is 2.36. The van der Waals surface area contributed by atoms with Crippen LogP contribution in [0.1, 0.15) is 24.2 Å². The Labute approximate surface area is 116 Å². The summed E-state index contributed by atoms with van der Waals surface area (Å²) in [6.07, 6.45) is 0. The molecular weight excluding hydrogens is 287 g/mol. The van der Waals surface area contributed by atoms with Crippen molar-refractivity contribution in [3.05, 3.63) is 29.8 Å². The second-order valence-electron chi connectivity index (χ2n) is 4.52. The van der Waals surface area contributed by atoms with Crippen molar-refractivity contribution < 1.29 is 33.5 Å². The lowest BCUT2D eigenvalue weighted by Gasteiger charge is -2.23. The van der Waals surface area contributed by atoms with Crippen molar-refractivity contribution in [2.75, 3.05) is 13.2 Å². The zero-order valence-corrected chi connectivity index (χ0v) is 12.0. The Bertz CT molecular complexity index is 503. The highest BCUT2D eigenvalue weighted by atomic mass is 31.2. The average molecular weight is 304 g/mol. The molecule has 0 aliphatic heterocycles. The minimum atomic E-state index is -4.76. The maximum atomic E-state index is 12.1. The number of hydrogen-bond donors (Lipinski definition) is 3. The highest BCUT2D eigenvalue weighted by molar-refractivity contribution is 7.46. The number of ketones is 1. The van der Waals surface area contributed by atoms with Crippen molar-refractivity contribution in [1.82, 2.24) is 0 Å². The van der Waals surface area contributed by atoms with Crippen molar-refractivity contribution in [3.63, 3.8) is 0 Å². The standard InChI is InChI=1S/C12H17O7P/c1-12(2,19-20(15,16)17)11(14)9-3-5-10(6-4-9)18-8-7-13/h3-6,13H,7-8H2,1-2H3,(H2,15,16,17). The van der Waals surface area contributed by atoms with Crippen LogP contribution in [0, 0.1) is 0 Å². The summed E-state index contributed by atoms with van der Waals surface area (Å²) in [6, 6.07) is 5.96. The first-order chi connectivity index (χ1) is 9.15. The summed E-state index contributed by atoms with van der Waals surface area (Å²) < 4.78 is 20.5. The molecule has 1 aromatic rings.